The Morgan fingerprint density at radius 1 is 1.60 bits per heavy atom. The summed E-state index contributed by atoms with van der Waals surface area (Å²) >= 11 is 1.61. The van der Waals surface area contributed by atoms with Gasteiger partial charge in [0.15, 0.2) is 5.13 Å². The number of thiazole rings is 1. The van der Waals surface area contributed by atoms with Gasteiger partial charge < -0.3 is 15.1 Å². The summed E-state index contributed by atoms with van der Waals surface area (Å²) in [6, 6.07) is 1.95. The van der Waals surface area contributed by atoms with Crippen molar-refractivity contribution in [3.05, 3.63) is 35.2 Å². The third kappa shape index (κ3) is 2.37. The fourth-order valence-corrected chi connectivity index (χ4v) is 2.09. The van der Waals surface area contributed by atoms with E-state index in [1.54, 1.807) is 23.9 Å². The van der Waals surface area contributed by atoms with Gasteiger partial charge in [0, 0.05) is 31.1 Å². The smallest absolute Gasteiger partial charge is 0.185 e. The lowest BCUT2D eigenvalue weighted by atomic mass is 10.3. The Labute approximate surface area is 92.3 Å². The molecule has 2 rings (SSSR count). The Kier molecular flexibility index (Phi) is 3.03. The van der Waals surface area contributed by atoms with Crippen molar-refractivity contribution in [3.63, 3.8) is 0 Å². The quantitative estimate of drug-likeness (QED) is 0.859. The molecule has 2 N–H and O–H groups in total. The molecule has 0 spiro atoms. The Balaban J connectivity index is 2.04. The second-order valence-corrected chi connectivity index (χ2v) is 4.15. The van der Waals surface area contributed by atoms with Gasteiger partial charge in [-0.15, -0.1) is 11.3 Å². The van der Waals surface area contributed by atoms with Crippen molar-refractivity contribution in [2.24, 2.45) is 5.73 Å². The van der Waals surface area contributed by atoms with Crippen LogP contribution >= 0.6 is 11.3 Å². The third-order valence-electron chi connectivity index (χ3n) is 2.08. The molecule has 4 nitrogen and oxygen atoms in total. The summed E-state index contributed by atoms with van der Waals surface area (Å²) in [6.45, 7) is 1.30. The van der Waals surface area contributed by atoms with Crippen LogP contribution in [-0.4, -0.2) is 12.0 Å². The molecule has 0 radical (unpaired) electrons. The van der Waals surface area contributed by atoms with Gasteiger partial charge in [0.25, 0.3) is 0 Å². The Bertz CT molecular complexity index is 410. The third-order valence-corrected chi connectivity index (χ3v) is 3.08. The molecule has 80 valence electrons. The summed E-state index contributed by atoms with van der Waals surface area (Å²) in [5, 5.41) is 2.97. The van der Waals surface area contributed by atoms with E-state index in [-0.39, 0.29) is 0 Å². The molecule has 0 aromatic carbocycles. The van der Waals surface area contributed by atoms with Crippen LogP contribution in [0.1, 0.15) is 11.3 Å². The van der Waals surface area contributed by atoms with E-state index in [0.29, 0.717) is 6.54 Å². The molecule has 0 bridgehead atoms. The van der Waals surface area contributed by atoms with Crippen molar-refractivity contribution >= 4 is 16.5 Å². The highest BCUT2D eigenvalue weighted by Crippen LogP contribution is 2.20. The molecule has 15 heavy (non-hydrogen) atoms. The maximum Gasteiger partial charge on any atom is 0.185 e. The highest BCUT2D eigenvalue weighted by atomic mass is 32.1. The average molecular weight is 223 g/mol. The van der Waals surface area contributed by atoms with Crippen LogP contribution in [0.5, 0.6) is 0 Å². The Hall–Kier alpha value is -1.33. The lowest BCUT2D eigenvalue weighted by molar-refractivity contribution is 0.563. The first-order valence-corrected chi connectivity index (χ1v) is 5.54. The molecule has 0 saturated heterocycles. The molecule has 0 amide bonds. The van der Waals surface area contributed by atoms with E-state index in [9.17, 15) is 0 Å². The lowest BCUT2D eigenvalue weighted by Crippen LogP contribution is -2.15. The zero-order valence-corrected chi connectivity index (χ0v) is 9.33. The van der Waals surface area contributed by atoms with Crippen LogP contribution in [-0.2, 0) is 13.1 Å². The van der Waals surface area contributed by atoms with Crippen LogP contribution in [0.15, 0.2) is 28.4 Å². The summed E-state index contributed by atoms with van der Waals surface area (Å²) in [4.78, 5) is 6.48. The second-order valence-electron chi connectivity index (χ2n) is 3.31. The number of aromatic nitrogens is 1. The fraction of sp³-hybridized carbons (Fsp3) is 0.300. The molecular formula is C10H13N3OS. The second kappa shape index (κ2) is 4.46. The minimum Gasteiger partial charge on any atom is -0.472 e. The van der Waals surface area contributed by atoms with Gasteiger partial charge in [0.2, 0.25) is 0 Å². The summed E-state index contributed by atoms with van der Waals surface area (Å²) < 4.78 is 5.01. The minimum absolute atomic E-state index is 0.496. The average Bonchev–Trinajstić information content (AvgIpc) is 2.86. The van der Waals surface area contributed by atoms with Crippen LogP contribution in [0, 0.1) is 0 Å². The SMILES string of the molecule is CN(Cc1ccoc1)c1nc(CN)cs1. The predicted molar refractivity (Wildman–Crippen MR) is 60.8 cm³/mol. The largest absolute Gasteiger partial charge is 0.472 e. The van der Waals surface area contributed by atoms with Crippen molar-refractivity contribution in [2.45, 2.75) is 13.1 Å². The zero-order chi connectivity index (χ0) is 10.7. The van der Waals surface area contributed by atoms with E-state index >= 15 is 0 Å². The summed E-state index contributed by atoms with van der Waals surface area (Å²) in [5.74, 6) is 0. The molecule has 2 heterocycles. The number of anilines is 1. The molecule has 5 heteroatoms. The topological polar surface area (TPSA) is 55.3 Å². The first-order chi connectivity index (χ1) is 7.29. The van der Waals surface area contributed by atoms with Crippen LogP contribution in [0.4, 0.5) is 5.13 Å². The highest BCUT2D eigenvalue weighted by Gasteiger charge is 2.07. The van der Waals surface area contributed by atoms with Crippen molar-refractivity contribution < 1.29 is 4.42 Å². The molecule has 0 fully saturated rings. The molecule has 0 aliphatic carbocycles. The number of hydrogen-bond donors (Lipinski definition) is 1. The zero-order valence-electron chi connectivity index (χ0n) is 8.51. The standard InChI is InChI=1S/C10H13N3OS/c1-13(5-8-2-3-14-6-8)10-12-9(4-11)7-15-10/h2-3,6-7H,4-5,11H2,1H3. The molecule has 2 aromatic heterocycles. The van der Waals surface area contributed by atoms with Crippen LogP contribution in [0.2, 0.25) is 0 Å². The van der Waals surface area contributed by atoms with Crippen LogP contribution < -0.4 is 10.6 Å². The van der Waals surface area contributed by atoms with Crippen LogP contribution in [0.25, 0.3) is 0 Å². The first kappa shape index (κ1) is 10.2. The van der Waals surface area contributed by atoms with E-state index in [1.165, 1.54) is 0 Å². The summed E-state index contributed by atoms with van der Waals surface area (Å²) in [6.07, 6.45) is 3.42. The Morgan fingerprint density at radius 2 is 2.47 bits per heavy atom. The van der Waals surface area contributed by atoms with Crippen molar-refractivity contribution in [3.8, 4) is 0 Å². The summed E-state index contributed by atoms with van der Waals surface area (Å²) in [7, 11) is 2.01. The first-order valence-electron chi connectivity index (χ1n) is 4.66. The highest BCUT2D eigenvalue weighted by molar-refractivity contribution is 7.13. The van der Waals surface area contributed by atoms with Gasteiger partial charge in [-0.1, -0.05) is 0 Å². The van der Waals surface area contributed by atoms with Gasteiger partial charge in [-0.05, 0) is 6.07 Å². The van der Waals surface area contributed by atoms with E-state index in [1.807, 2.05) is 18.5 Å². The molecule has 0 unspecified atom stereocenters. The van der Waals surface area contributed by atoms with Gasteiger partial charge in [-0.3, -0.25) is 0 Å². The van der Waals surface area contributed by atoms with Gasteiger partial charge in [-0.2, -0.15) is 0 Å². The fourth-order valence-electron chi connectivity index (χ4n) is 1.29. The molecule has 0 aliphatic heterocycles. The number of rotatable bonds is 4. The van der Waals surface area contributed by atoms with Crippen LogP contribution in [0.3, 0.4) is 0 Å². The van der Waals surface area contributed by atoms with Crippen molar-refractivity contribution in [2.75, 3.05) is 11.9 Å². The van der Waals surface area contributed by atoms with Crippen molar-refractivity contribution in [1.29, 1.82) is 0 Å². The normalized spacial score (nSPS) is 10.5. The molecule has 2 aromatic rings. The monoisotopic (exact) mass is 223 g/mol. The van der Waals surface area contributed by atoms with E-state index in [0.717, 1.165) is 22.9 Å². The summed E-state index contributed by atoms with van der Waals surface area (Å²) in [5.41, 5.74) is 7.59. The molecule has 0 saturated carbocycles. The Morgan fingerprint density at radius 3 is 3.07 bits per heavy atom. The van der Waals surface area contributed by atoms with Gasteiger partial charge in [0.05, 0.1) is 18.2 Å². The lowest BCUT2D eigenvalue weighted by Gasteiger charge is -2.13. The number of furan rings is 1. The number of nitrogens with zero attached hydrogens (tertiary/aromatic N) is 2. The minimum atomic E-state index is 0.496. The maximum atomic E-state index is 5.51. The molecular weight excluding hydrogens is 210 g/mol. The van der Waals surface area contributed by atoms with E-state index < -0.39 is 0 Å². The number of hydrogen-bond acceptors (Lipinski definition) is 5. The molecule has 0 atom stereocenters. The van der Waals surface area contributed by atoms with Crippen molar-refractivity contribution in [1.82, 2.24) is 4.98 Å². The predicted octanol–water partition coefficient (Wildman–Crippen LogP) is 1.83. The van der Waals surface area contributed by atoms with E-state index in [4.69, 9.17) is 10.2 Å². The van der Waals surface area contributed by atoms with Gasteiger partial charge in [-0.25, -0.2) is 4.98 Å². The molecule has 0 aliphatic rings. The van der Waals surface area contributed by atoms with E-state index in [2.05, 4.69) is 9.88 Å². The maximum absolute atomic E-state index is 5.51. The number of nitrogens with two attached hydrogens (primary N) is 1. The van der Waals surface area contributed by atoms with Gasteiger partial charge in [0.1, 0.15) is 0 Å². The van der Waals surface area contributed by atoms with Gasteiger partial charge >= 0.3 is 0 Å².